The molecular weight excluding hydrogens is 444 g/mol. The van der Waals surface area contributed by atoms with Crippen LogP contribution in [-0.2, 0) is 4.79 Å². The minimum Gasteiger partial charge on any atom is -0.368 e. The van der Waals surface area contributed by atoms with Crippen LogP contribution in [-0.4, -0.2) is 54.4 Å². The minimum atomic E-state index is -0.196. The minimum absolute atomic E-state index is 0.00564. The number of carbonyl (C=O) groups is 2. The number of hydrogen-bond donors (Lipinski definition) is 0. The van der Waals surface area contributed by atoms with Crippen LogP contribution in [0.1, 0.15) is 10.4 Å². The summed E-state index contributed by atoms with van der Waals surface area (Å²) < 4.78 is 0. The Kier molecular flexibility index (Phi) is 5.76. The molecule has 32 heavy (non-hydrogen) atoms. The van der Waals surface area contributed by atoms with Gasteiger partial charge < -0.3 is 9.80 Å². The van der Waals surface area contributed by atoms with Gasteiger partial charge in [-0.15, -0.1) is 0 Å². The number of nitrogens with zero attached hydrogens (tertiary/aromatic N) is 4. The van der Waals surface area contributed by atoms with Crippen molar-refractivity contribution in [3.8, 4) is 0 Å². The smallest absolute Gasteiger partial charge is 0.261 e. The van der Waals surface area contributed by atoms with Crippen LogP contribution in [0, 0.1) is 0 Å². The maximum Gasteiger partial charge on any atom is 0.261 e. The number of halogens is 1. The van der Waals surface area contributed by atoms with Crippen LogP contribution in [0.4, 0.5) is 11.4 Å². The van der Waals surface area contributed by atoms with Crippen LogP contribution in [0.2, 0.25) is 5.02 Å². The summed E-state index contributed by atoms with van der Waals surface area (Å²) in [6.07, 6.45) is 1.68. The molecule has 1 saturated heterocycles. The third-order valence-electron chi connectivity index (χ3n) is 5.73. The van der Waals surface area contributed by atoms with Gasteiger partial charge in [0.25, 0.3) is 5.91 Å². The predicted octanol–water partition coefficient (Wildman–Crippen LogP) is 4.20. The van der Waals surface area contributed by atoms with Crippen molar-refractivity contribution >= 4 is 46.6 Å². The van der Waals surface area contributed by atoms with Crippen molar-refractivity contribution in [2.45, 2.75) is 9.92 Å². The summed E-state index contributed by atoms with van der Waals surface area (Å²) in [5.41, 5.74) is 2.36. The fraction of sp³-hybridized carbons (Fsp3) is 0.208. The van der Waals surface area contributed by atoms with Crippen LogP contribution in [0.3, 0.4) is 0 Å². The molecule has 8 heteroatoms. The molecule has 2 aliphatic rings. The molecule has 0 radical (unpaired) electrons. The van der Waals surface area contributed by atoms with Crippen molar-refractivity contribution in [3.05, 3.63) is 77.4 Å². The number of carbonyl (C=O) groups excluding carboxylic acids is 2. The Morgan fingerprint density at radius 1 is 0.969 bits per heavy atom. The molecule has 3 heterocycles. The van der Waals surface area contributed by atoms with Crippen molar-refractivity contribution in [3.63, 3.8) is 0 Å². The van der Waals surface area contributed by atoms with Gasteiger partial charge in [0, 0.05) is 48.0 Å². The highest BCUT2D eigenvalue weighted by molar-refractivity contribution is 7.99. The quantitative estimate of drug-likeness (QED) is 0.581. The standard InChI is InChI=1S/C24H21ClN4O2S/c25-17-7-9-18(10-8-17)27-12-14-28(15-13-27)22(30)16-29-20-5-1-2-6-21(20)32-23-19(24(29)31)4-3-11-26-23/h1-11H,12-16H2. The Morgan fingerprint density at radius 2 is 1.72 bits per heavy atom. The molecule has 0 N–H and O–H groups in total. The number of hydrogen-bond acceptors (Lipinski definition) is 5. The first-order valence-corrected chi connectivity index (χ1v) is 11.6. The summed E-state index contributed by atoms with van der Waals surface area (Å²) in [6.45, 7) is 2.70. The van der Waals surface area contributed by atoms with Crippen LogP contribution >= 0.6 is 23.4 Å². The Labute approximate surface area is 195 Å². The molecule has 2 aromatic carbocycles. The number of pyridine rings is 1. The first-order valence-electron chi connectivity index (χ1n) is 10.4. The van der Waals surface area contributed by atoms with Gasteiger partial charge in [-0.2, -0.15) is 0 Å². The fourth-order valence-corrected chi connectivity index (χ4v) is 5.16. The van der Waals surface area contributed by atoms with Crippen molar-refractivity contribution < 1.29 is 9.59 Å². The number of benzene rings is 2. The lowest BCUT2D eigenvalue weighted by atomic mass is 10.2. The van der Waals surface area contributed by atoms with Crippen molar-refractivity contribution in [1.82, 2.24) is 9.88 Å². The summed E-state index contributed by atoms with van der Waals surface area (Å²) in [4.78, 5) is 37.5. The second-order valence-electron chi connectivity index (χ2n) is 7.66. The molecule has 0 saturated carbocycles. The molecule has 0 aliphatic carbocycles. The van der Waals surface area contributed by atoms with Gasteiger partial charge >= 0.3 is 0 Å². The van der Waals surface area contributed by atoms with E-state index in [0.717, 1.165) is 29.4 Å². The third-order valence-corrected chi connectivity index (χ3v) is 7.06. The van der Waals surface area contributed by atoms with Crippen molar-refractivity contribution in [2.24, 2.45) is 0 Å². The molecule has 2 aliphatic heterocycles. The number of piperazine rings is 1. The van der Waals surface area contributed by atoms with Gasteiger partial charge in [-0.3, -0.25) is 14.5 Å². The van der Waals surface area contributed by atoms with E-state index in [1.165, 1.54) is 11.8 Å². The van der Waals surface area contributed by atoms with Crippen molar-refractivity contribution in [2.75, 3.05) is 42.5 Å². The second kappa shape index (κ2) is 8.84. The molecule has 5 rings (SSSR count). The van der Waals surface area contributed by atoms with Crippen LogP contribution in [0.25, 0.3) is 0 Å². The third kappa shape index (κ3) is 4.06. The first-order chi connectivity index (χ1) is 15.6. The number of fused-ring (bicyclic) bond motifs is 2. The van der Waals surface area contributed by atoms with Crippen LogP contribution < -0.4 is 9.80 Å². The Morgan fingerprint density at radius 3 is 2.50 bits per heavy atom. The Balaban J connectivity index is 1.33. The highest BCUT2D eigenvalue weighted by Gasteiger charge is 2.31. The monoisotopic (exact) mass is 464 g/mol. The number of anilines is 2. The van der Waals surface area contributed by atoms with E-state index in [0.29, 0.717) is 28.7 Å². The van der Waals surface area contributed by atoms with Gasteiger partial charge in [-0.05, 0) is 48.5 Å². The maximum absolute atomic E-state index is 13.4. The van der Waals surface area contributed by atoms with Gasteiger partial charge in [0.05, 0.1) is 11.3 Å². The summed E-state index contributed by atoms with van der Waals surface area (Å²) in [7, 11) is 0. The number of aromatic nitrogens is 1. The molecule has 0 atom stereocenters. The van der Waals surface area contributed by atoms with Gasteiger partial charge in [0.15, 0.2) is 0 Å². The molecular formula is C24H21ClN4O2S. The number of rotatable bonds is 3. The summed E-state index contributed by atoms with van der Waals surface area (Å²) in [5, 5.41) is 1.37. The molecule has 1 aromatic heterocycles. The lowest BCUT2D eigenvalue weighted by molar-refractivity contribution is -0.129. The number of amides is 2. The average molecular weight is 465 g/mol. The molecule has 3 aromatic rings. The summed E-state index contributed by atoms with van der Waals surface area (Å²) >= 11 is 7.45. The molecule has 162 valence electrons. The SMILES string of the molecule is O=C(CN1C(=O)c2cccnc2Sc2ccccc21)N1CCN(c2ccc(Cl)cc2)CC1. The predicted molar refractivity (Wildman–Crippen MR) is 127 cm³/mol. The highest BCUT2D eigenvalue weighted by Crippen LogP contribution is 2.40. The van der Waals surface area contributed by atoms with E-state index in [1.807, 2.05) is 53.4 Å². The molecule has 2 amide bonds. The largest absolute Gasteiger partial charge is 0.368 e. The zero-order valence-electron chi connectivity index (χ0n) is 17.3. The zero-order chi connectivity index (χ0) is 22.1. The van der Waals surface area contributed by atoms with Gasteiger partial charge in [-0.25, -0.2) is 4.98 Å². The average Bonchev–Trinajstić information content (AvgIpc) is 2.94. The molecule has 0 unspecified atom stereocenters. The van der Waals surface area contributed by atoms with Crippen molar-refractivity contribution in [1.29, 1.82) is 0 Å². The second-order valence-corrected chi connectivity index (χ2v) is 9.13. The lowest BCUT2D eigenvalue weighted by Gasteiger charge is -2.37. The summed E-state index contributed by atoms with van der Waals surface area (Å²) in [5.74, 6) is -0.250. The molecule has 0 bridgehead atoms. The number of para-hydroxylation sites is 1. The fourth-order valence-electron chi connectivity index (χ4n) is 4.02. The van der Waals surface area contributed by atoms with Crippen LogP contribution in [0.15, 0.2) is 76.8 Å². The Bertz CT molecular complexity index is 1160. The first kappa shape index (κ1) is 20.8. The maximum atomic E-state index is 13.4. The van der Waals surface area contributed by atoms with E-state index in [2.05, 4.69) is 9.88 Å². The van der Waals surface area contributed by atoms with E-state index in [9.17, 15) is 9.59 Å². The highest BCUT2D eigenvalue weighted by atomic mass is 35.5. The van der Waals surface area contributed by atoms with E-state index in [1.54, 1.807) is 23.2 Å². The van der Waals surface area contributed by atoms with Gasteiger partial charge in [0.1, 0.15) is 11.6 Å². The van der Waals surface area contributed by atoms with Gasteiger partial charge in [-0.1, -0.05) is 35.5 Å². The zero-order valence-corrected chi connectivity index (χ0v) is 18.9. The molecule has 6 nitrogen and oxygen atoms in total. The normalized spacial score (nSPS) is 15.8. The van der Waals surface area contributed by atoms with E-state index in [-0.39, 0.29) is 18.4 Å². The van der Waals surface area contributed by atoms with E-state index < -0.39 is 0 Å². The van der Waals surface area contributed by atoms with E-state index >= 15 is 0 Å². The molecule has 1 fully saturated rings. The Hall–Kier alpha value is -3.03. The topological polar surface area (TPSA) is 56.8 Å². The lowest BCUT2D eigenvalue weighted by Crippen LogP contribution is -2.52. The molecule has 0 spiro atoms. The van der Waals surface area contributed by atoms with E-state index in [4.69, 9.17) is 11.6 Å². The summed E-state index contributed by atoms with van der Waals surface area (Å²) in [6, 6.07) is 18.9. The van der Waals surface area contributed by atoms with Gasteiger partial charge in [0.2, 0.25) is 5.91 Å². The van der Waals surface area contributed by atoms with Crippen LogP contribution in [0.5, 0.6) is 0 Å².